The molecule has 0 saturated heterocycles. The molecule has 1 atom stereocenters. The Morgan fingerprint density at radius 2 is 1.94 bits per heavy atom. The maximum Gasteiger partial charge on any atom is 0.267 e. The molecule has 0 aliphatic heterocycles. The summed E-state index contributed by atoms with van der Waals surface area (Å²) in [5, 5.41) is 5.74. The molecular weight excluding hydrogens is 486 g/mol. The summed E-state index contributed by atoms with van der Waals surface area (Å²) in [6.45, 7) is 6.88. The van der Waals surface area contributed by atoms with Crippen molar-refractivity contribution in [3.8, 4) is 0 Å². The van der Waals surface area contributed by atoms with E-state index in [1.807, 2.05) is 23.6 Å². The number of pyridine rings is 1. The molecule has 3 aromatic heterocycles. The minimum atomic E-state index is -0.266. The zero-order valence-corrected chi connectivity index (χ0v) is 22.3. The van der Waals surface area contributed by atoms with Gasteiger partial charge in [-0.3, -0.25) is 9.59 Å². The fourth-order valence-electron chi connectivity index (χ4n) is 4.64. The summed E-state index contributed by atoms with van der Waals surface area (Å²) in [4.78, 5) is 32.7. The van der Waals surface area contributed by atoms with Crippen molar-refractivity contribution >= 4 is 62.0 Å². The first-order chi connectivity index (χ1) is 17.2. The maximum absolute atomic E-state index is 13.1. The number of hydrogen-bond acceptors (Lipinski definition) is 6. The average molecular weight is 516 g/mol. The summed E-state index contributed by atoms with van der Waals surface area (Å²) in [5.74, 6) is 0.254. The highest BCUT2D eigenvalue weighted by Crippen LogP contribution is 2.40. The molecule has 5 nitrogen and oxygen atoms in total. The normalized spacial score (nSPS) is 15.8. The fourth-order valence-corrected chi connectivity index (χ4v) is 6.25. The lowest BCUT2D eigenvalue weighted by molar-refractivity contribution is 0.102. The number of carbonyl (C=O) groups is 2. The number of hydrogen-bond donors (Lipinski definition) is 2. The summed E-state index contributed by atoms with van der Waals surface area (Å²) in [6.07, 6.45) is 6.45. The van der Waals surface area contributed by atoms with E-state index >= 15 is 0 Å². The molecule has 5 rings (SSSR count). The second kappa shape index (κ2) is 9.64. The molecule has 36 heavy (non-hydrogen) atoms. The molecular formula is C29H29N3O2S2. The summed E-state index contributed by atoms with van der Waals surface area (Å²) in [6, 6.07) is 12.9. The lowest BCUT2D eigenvalue weighted by atomic mass is 9.71. The molecule has 1 aromatic carbocycles. The predicted molar refractivity (Wildman–Crippen MR) is 151 cm³/mol. The van der Waals surface area contributed by atoms with E-state index in [1.54, 1.807) is 41.7 Å². The Bertz CT molecular complexity index is 1460. The molecule has 1 unspecified atom stereocenters. The number of anilines is 2. The maximum atomic E-state index is 13.1. The van der Waals surface area contributed by atoms with Crippen molar-refractivity contribution in [1.29, 1.82) is 0 Å². The first-order valence-corrected chi connectivity index (χ1v) is 13.8. The second-order valence-corrected chi connectivity index (χ2v) is 12.3. The number of aromatic nitrogens is 1. The highest BCUT2D eigenvalue weighted by atomic mass is 32.1. The number of fused-ring (bicyclic) bond motifs is 2. The molecule has 3 N–H and O–H groups in total. The van der Waals surface area contributed by atoms with Crippen molar-refractivity contribution in [2.45, 2.75) is 40.0 Å². The van der Waals surface area contributed by atoms with Gasteiger partial charge in [-0.05, 0) is 90.1 Å². The topological polar surface area (TPSA) is 85.1 Å². The van der Waals surface area contributed by atoms with Gasteiger partial charge in [-0.15, -0.1) is 22.7 Å². The van der Waals surface area contributed by atoms with E-state index in [2.05, 4.69) is 32.2 Å². The van der Waals surface area contributed by atoms with Crippen molar-refractivity contribution in [1.82, 2.24) is 4.98 Å². The molecule has 7 heteroatoms. The van der Waals surface area contributed by atoms with Gasteiger partial charge in [0.15, 0.2) is 5.78 Å². The van der Waals surface area contributed by atoms with Crippen molar-refractivity contribution < 1.29 is 9.59 Å². The van der Waals surface area contributed by atoms with Crippen LogP contribution in [0.2, 0.25) is 0 Å². The molecule has 1 aliphatic carbocycles. The lowest BCUT2D eigenvalue weighted by Gasteiger charge is -2.34. The number of benzene rings is 1. The van der Waals surface area contributed by atoms with E-state index in [1.165, 1.54) is 16.9 Å². The van der Waals surface area contributed by atoms with Crippen LogP contribution in [-0.4, -0.2) is 16.7 Å². The molecule has 1 aliphatic rings. The van der Waals surface area contributed by atoms with Crippen LogP contribution in [0.3, 0.4) is 0 Å². The van der Waals surface area contributed by atoms with Crippen molar-refractivity contribution in [3.63, 3.8) is 0 Å². The molecule has 0 fully saturated rings. The number of aryl methyl sites for hydroxylation is 1. The van der Waals surface area contributed by atoms with E-state index in [-0.39, 0.29) is 17.1 Å². The summed E-state index contributed by atoms with van der Waals surface area (Å²) in [7, 11) is 0. The van der Waals surface area contributed by atoms with Crippen molar-refractivity contribution in [2.75, 3.05) is 11.1 Å². The zero-order valence-electron chi connectivity index (χ0n) is 20.6. The number of carbonyl (C=O) groups excluding carboxylic acids is 2. The van der Waals surface area contributed by atoms with Gasteiger partial charge in [0.1, 0.15) is 9.71 Å². The number of amides is 1. The highest BCUT2D eigenvalue weighted by molar-refractivity contribution is 7.21. The van der Waals surface area contributed by atoms with Gasteiger partial charge in [0, 0.05) is 27.2 Å². The number of ketones is 1. The molecule has 1 amide bonds. The molecule has 0 spiro atoms. The van der Waals surface area contributed by atoms with Crippen LogP contribution >= 0.6 is 22.7 Å². The smallest absolute Gasteiger partial charge is 0.267 e. The number of nitrogens with two attached hydrogens (primary N) is 1. The summed E-state index contributed by atoms with van der Waals surface area (Å²) < 4.78 is 0. The largest absolute Gasteiger partial charge is 0.397 e. The minimum Gasteiger partial charge on any atom is -0.397 e. The molecule has 0 saturated carbocycles. The van der Waals surface area contributed by atoms with E-state index in [4.69, 9.17) is 10.7 Å². The SMILES string of the molecule is CC(C)(C)C1CCc2nc3sc(C(=O)Nc4ccc(C(=O)C=Cc5cccs5)cc4)c(N)c3cc2C1. The number of nitrogen functional groups attached to an aromatic ring is 1. The van der Waals surface area contributed by atoms with E-state index in [9.17, 15) is 9.59 Å². The lowest BCUT2D eigenvalue weighted by Crippen LogP contribution is -2.27. The fraction of sp³-hybridized carbons (Fsp3) is 0.276. The van der Waals surface area contributed by atoms with Crippen LogP contribution < -0.4 is 11.1 Å². The summed E-state index contributed by atoms with van der Waals surface area (Å²) in [5.41, 5.74) is 10.7. The van der Waals surface area contributed by atoms with Crippen molar-refractivity contribution in [2.24, 2.45) is 11.3 Å². The van der Waals surface area contributed by atoms with Gasteiger partial charge in [-0.25, -0.2) is 4.98 Å². The van der Waals surface area contributed by atoms with Crippen LogP contribution in [0.1, 0.15) is 63.4 Å². The second-order valence-electron chi connectivity index (χ2n) is 10.3. The Hall–Kier alpha value is -3.29. The molecule has 0 radical (unpaired) electrons. The molecule has 184 valence electrons. The van der Waals surface area contributed by atoms with E-state index in [0.29, 0.717) is 27.7 Å². The monoisotopic (exact) mass is 515 g/mol. The van der Waals surface area contributed by atoms with Crippen LogP contribution in [0.5, 0.6) is 0 Å². The van der Waals surface area contributed by atoms with Crippen LogP contribution in [0.4, 0.5) is 11.4 Å². The third-order valence-electron chi connectivity index (χ3n) is 6.89. The Labute approximate surface area is 219 Å². The molecule has 4 aromatic rings. The average Bonchev–Trinajstić information content (AvgIpc) is 3.49. The third kappa shape index (κ3) is 4.99. The molecule has 3 heterocycles. The zero-order chi connectivity index (χ0) is 25.4. The number of allylic oxidation sites excluding steroid dienone is 1. The number of nitrogens with one attached hydrogen (secondary N) is 1. The number of thiophene rings is 2. The van der Waals surface area contributed by atoms with Crippen LogP contribution in [0, 0.1) is 11.3 Å². The van der Waals surface area contributed by atoms with Gasteiger partial charge < -0.3 is 11.1 Å². The number of rotatable bonds is 5. The Kier molecular flexibility index (Phi) is 6.53. The van der Waals surface area contributed by atoms with Crippen LogP contribution in [0.25, 0.3) is 16.3 Å². The first-order valence-electron chi connectivity index (χ1n) is 12.1. The van der Waals surface area contributed by atoms with Crippen molar-refractivity contribution in [3.05, 3.63) is 80.5 Å². The minimum absolute atomic E-state index is 0.0845. The molecule has 0 bridgehead atoms. The van der Waals surface area contributed by atoms with Gasteiger partial charge in [0.05, 0.1) is 5.69 Å². The predicted octanol–water partition coefficient (Wildman–Crippen LogP) is 7.24. The number of nitrogens with zero attached hydrogens (tertiary/aromatic N) is 1. The highest BCUT2D eigenvalue weighted by Gasteiger charge is 2.30. The van der Waals surface area contributed by atoms with Gasteiger partial charge in [0.25, 0.3) is 5.91 Å². The first kappa shape index (κ1) is 24.4. The standard InChI is InChI=1S/C29H29N3O2S2/c1-29(2,3)19-8-12-23-18(15-19)16-22-25(30)26(36-28(22)32-23)27(34)31-20-9-6-17(7-10-20)24(33)13-11-21-5-4-14-35-21/h4-7,9-11,13-14,16,19H,8,12,15,30H2,1-3H3,(H,31,34). The van der Waals surface area contributed by atoms with E-state index < -0.39 is 0 Å². The van der Waals surface area contributed by atoms with Gasteiger partial charge >= 0.3 is 0 Å². The van der Waals surface area contributed by atoms with Gasteiger partial charge in [0.2, 0.25) is 0 Å². The third-order valence-corrected chi connectivity index (χ3v) is 8.84. The van der Waals surface area contributed by atoms with Gasteiger partial charge in [-0.1, -0.05) is 26.8 Å². The van der Waals surface area contributed by atoms with Crippen LogP contribution in [-0.2, 0) is 12.8 Å². The van der Waals surface area contributed by atoms with E-state index in [0.717, 1.165) is 40.1 Å². The quantitative estimate of drug-likeness (QED) is 0.217. The Balaban J connectivity index is 1.32. The van der Waals surface area contributed by atoms with Gasteiger partial charge in [-0.2, -0.15) is 0 Å². The Morgan fingerprint density at radius 1 is 1.17 bits per heavy atom. The van der Waals surface area contributed by atoms with Crippen LogP contribution in [0.15, 0.2) is 53.9 Å². The Morgan fingerprint density at radius 3 is 2.64 bits per heavy atom. The summed E-state index contributed by atoms with van der Waals surface area (Å²) >= 11 is 2.91.